The minimum atomic E-state index is 0.0182. The van der Waals surface area contributed by atoms with Crippen LogP contribution < -0.4 is 4.74 Å². The monoisotopic (exact) mass is 358 g/mol. The molecule has 1 aliphatic heterocycles. The third kappa shape index (κ3) is 4.43. The van der Waals surface area contributed by atoms with Gasteiger partial charge < -0.3 is 18.9 Å². The molecule has 0 aliphatic carbocycles. The van der Waals surface area contributed by atoms with Gasteiger partial charge in [-0.15, -0.1) is 0 Å². The molecule has 2 heterocycles. The molecular formula is C20H26N2O4. The lowest BCUT2D eigenvalue weighted by Gasteiger charge is -2.16. The Balaban J connectivity index is 1.59. The zero-order valence-corrected chi connectivity index (χ0v) is 15.6. The first-order valence-corrected chi connectivity index (χ1v) is 9.03. The van der Waals surface area contributed by atoms with Crippen molar-refractivity contribution in [2.45, 2.75) is 32.8 Å². The number of aryl methyl sites for hydroxylation is 1. The summed E-state index contributed by atoms with van der Waals surface area (Å²) in [6.45, 7) is 5.78. The molecule has 1 amide bonds. The van der Waals surface area contributed by atoms with E-state index in [1.165, 1.54) is 0 Å². The molecule has 1 aromatic carbocycles. The van der Waals surface area contributed by atoms with Crippen molar-refractivity contribution in [3.63, 3.8) is 0 Å². The second kappa shape index (κ2) is 8.36. The fraction of sp³-hybridized carbons (Fsp3) is 0.500. The maximum Gasteiger partial charge on any atom is 0.227 e. The van der Waals surface area contributed by atoms with E-state index >= 15 is 0 Å². The summed E-state index contributed by atoms with van der Waals surface area (Å²) in [4.78, 5) is 14.6. The van der Waals surface area contributed by atoms with E-state index < -0.39 is 0 Å². The fourth-order valence-electron chi connectivity index (χ4n) is 3.44. The van der Waals surface area contributed by atoms with Crippen molar-refractivity contribution >= 4 is 5.91 Å². The Kier molecular flexibility index (Phi) is 5.93. The Labute approximate surface area is 154 Å². The SMILES string of the molecule is CCOc1ccc(CC(=O)N2C[C@@H](Cc3cc(C)no3)[C@@H](OC)C2)cc1. The van der Waals surface area contributed by atoms with Crippen LogP contribution in [0.15, 0.2) is 34.9 Å². The third-order valence-corrected chi connectivity index (χ3v) is 4.77. The maximum atomic E-state index is 12.7. The van der Waals surface area contributed by atoms with Crippen LogP contribution in [0.25, 0.3) is 0 Å². The standard InChI is InChI=1S/C20H26N2O4/c1-4-25-17-7-5-15(6-8-17)10-20(23)22-12-16(19(13-22)24-3)11-18-9-14(2)21-26-18/h5-9,16,19H,4,10-13H2,1-3H3/t16-,19+/m1/s1. The summed E-state index contributed by atoms with van der Waals surface area (Å²) in [5.74, 6) is 2.01. The highest BCUT2D eigenvalue weighted by Gasteiger charge is 2.35. The smallest absolute Gasteiger partial charge is 0.227 e. The number of nitrogens with zero attached hydrogens (tertiary/aromatic N) is 2. The number of amides is 1. The van der Waals surface area contributed by atoms with E-state index in [1.54, 1.807) is 7.11 Å². The molecule has 2 aromatic rings. The number of benzene rings is 1. The molecule has 0 saturated carbocycles. The van der Waals surface area contributed by atoms with Crippen molar-refractivity contribution in [1.29, 1.82) is 0 Å². The van der Waals surface area contributed by atoms with Gasteiger partial charge in [-0.3, -0.25) is 4.79 Å². The van der Waals surface area contributed by atoms with E-state index in [9.17, 15) is 4.79 Å². The van der Waals surface area contributed by atoms with Crippen LogP contribution in [-0.2, 0) is 22.4 Å². The average Bonchev–Trinajstić information content (AvgIpc) is 3.23. The van der Waals surface area contributed by atoms with Crippen molar-refractivity contribution < 1.29 is 18.8 Å². The van der Waals surface area contributed by atoms with Crippen LogP contribution in [0, 0.1) is 12.8 Å². The first kappa shape index (κ1) is 18.5. The summed E-state index contributed by atoms with van der Waals surface area (Å²) in [6, 6.07) is 9.65. The lowest BCUT2D eigenvalue weighted by Crippen LogP contribution is -2.31. The molecule has 6 heteroatoms. The van der Waals surface area contributed by atoms with E-state index in [2.05, 4.69) is 5.16 Å². The number of carbonyl (C=O) groups excluding carboxylic acids is 1. The van der Waals surface area contributed by atoms with Gasteiger partial charge in [0, 0.05) is 38.6 Å². The molecule has 1 saturated heterocycles. The Morgan fingerprint density at radius 3 is 2.69 bits per heavy atom. The van der Waals surface area contributed by atoms with Crippen LogP contribution in [0.1, 0.15) is 23.9 Å². The molecule has 140 valence electrons. The van der Waals surface area contributed by atoms with Gasteiger partial charge in [-0.2, -0.15) is 0 Å². The topological polar surface area (TPSA) is 64.8 Å². The first-order chi connectivity index (χ1) is 12.6. The summed E-state index contributed by atoms with van der Waals surface area (Å²) < 4.78 is 16.4. The Morgan fingerprint density at radius 2 is 2.08 bits per heavy atom. The number of likely N-dealkylation sites (tertiary alicyclic amines) is 1. The van der Waals surface area contributed by atoms with Gasteiger partial charge in [0.15, 0.2) is 0 Å². The van der Waals surface area contributed by atoms with Gasteiger partial charge in [-0.05, 0) is 31.5 Å². The minimum absolute atomic E-state index is 0.0182. The molecule has 0 N–H and O–H groups in total. The number of rotatable bonds is 7. The number of hydrogen-bond donors (Lipinski definition) is 0. The number of ether oxygens (including phenoxy) is 2. The van der Waals surface area contributed by atoms with E-state index in [4.69, 9.17) is 14.0 Å². The van der Waals surface area contributed by atoms with Gasteiger partial charge in [0.2, 0.25) is 5.91 Å². The maximum absolute atomic E-state index is 12.7. The molecule has 2 atom stereocenters. The highest BCUT2D eigenvalue weighted by molar-refractivity contribution is 5.79. The molecule has 6 nitrogen and oxygen atoms in total. The van der Waals surface area contributed by atoms with E-state index in [0.29, 0.717) is 26.1 Å². The van der Waals surface area contributed by atoms with Gasteiger partial charge in [0.05, 0.1) is 24.8 Å². The Bertz CT molecular complexity index is 726. The summed E-state index contributed by atoms with van der Waals surface area (Å²) in [5.41, 5.74) is 1.86. The average molecular weight is 358 g/mol. The lowest BCUT2D eigenvalue weighted by atomic mass is 10.0. The molecule has 0 unspecified atom stereocenters. The normalized spacial score (nSPS) is 19.7. The largest absolute Gasteiger partial charge is 0.494 e. The minimum Gasteiger partial charge on any atom is -0.494 e. The molecule has 0 bridgehead atoms. The fourth-order valence-corrected chi connectivity index (χ4v) is 3.44. The second-order valence-electron chi connectivity index (χ2n) is 6.73. The summed E-state index contributed by atoms with van der Waals surface area (Å²) in [7, 11) is 1.70. The van der Waals surface area contributed by atoms with Crippen LogP contribution in [0.4, 0.5) is 0 Å². The van der Waals surface area contributed by atoms with Crippen molar-refractivity contribution in [2.24, 2.45) is 5.92 Å². The van der Waals surface area contributed by atoms with Gasteiger partial charge >= 0.3 is 0 Å². The molecule has 1 fully saturated rings. The van der Waals surface area contributed by atoms with Crippen LogP contribution in [0.3, 0.4) is 0 Å². The zero-order valence-electron chi connectivity index (χ0n) is 15.6. The van der Waals surface area contributed by atoms with Crippen LogP contribution in [0.5, 0.6) is 5.75 Å². The first-order valence-electron chi connectivity index (χ1n) is 9.03. The summed E-state index contributed by atoms with van der Waals surface area (Å²) >= 11 is 0. The zero-order chi connectivity index (χ0) is 18.5. The molecule has 3 rings (SSSR count). The summed E-state index contributed by atoms with van der Waals surface area (Å²) in [6.07, 6.45) is 1.13. The lowest BCUT2D eigenvalue weighted by molar-refractivity contribution is -0.129. The predicted molar refractivity (Wildman–Crippen MR) is 97.1 cm³/mol. The second-order valence-corrected chi connectivity index (χ2v) is 6.73. The van der Waals surface area contributed by atoms with Crippen molar-refractivity contribution in [1.82, 2.24) is 10.1 Å². The number of hydrogen-bond acceptors (Lipinski definition) is 5. The quantitative estimate of drug-likeness (QED) is 0.761. The van der Waals surface area contributed by atoms with Gasteiger partial charge in [0.25, 0.3) is 0 Å². The van der Waals surface area contributed by atoms with E-state index in [-0.39, 0.29) is 17.9 Å². The van der Waals surface area contributed by atoms with E-state index in [0.717, 1.165) is 29.2 Å². The number of carbonyl (C=O) groups is 1. The van der Waals surface area contributed by atoms with Crippen molar-refractivity contribution in [3.8, 4) is 5.75 Å². The molecule has 26 heavy (non-hydrogen) atoms. The molecule has 1 aliphatic rings. The molecule has 0 spiro atoms. The summed E-state index contributed by atoms with van der Waals surface area (Å²) in [5, 5.41) is 3.93. The van der Waals surface area contributed by atoms with Crippen LogP contribution >= 0.6 is 0 Å². The highest BCUT2D eigenvalue weighted by Crippen LogP contribution is 2.25. The van der Waals surface area contributed by atoms with Crippen molar-refractivity contribution in [2.75, 3.05) is 26.8 Å². The van der Waals surface area contributed by atoms with Crippen molar-refractivity contribution in [3.05, 3.63) is 47.3 Å². The van der Waals surface area contributed by atoms with Gasteiger partial charge in [-0.25, -0.2) is 0 Å². The highest BCUT2D eigenvalue weighted by atomic mass is 16.5. The predicted octanol–water partition coefficient (Wildman–Crippen LogP) is 2.64. The van der Waals surface area contributed by atoms with Gasteiger partial charge in [-0.1, -0.05) is 17.3 Å². The Hall–Kier alpha value is -2.34. The Morgan fingerprint density at radius 1 is 1.31 bits per heavy atom. The van der Waals surface area contributed by atoms with Crippen LogP contribution in [0.2, 0.25) is 0 Å². The number of methoxy groups -OCH3 is 1. The van der Waals surface area contributed by atoms with E-state index in [1.807, 2.05) is 49.1 Å². The molecular weight excluding hydrogens is 332 g/mol. The third-order valence-electron chi connectivity index (χ3n) is 4.77. The number of aromatic nitrogens is 1. The van der Waals surface area contributed by atoms with Crippen LogP contribution in [-0.4, -0.2) is 48.9 Å². The molecule has 1 aromatic heterocycles. The molecule has 0 radical (unpaired) electrons. The van der Waals surface area contributed by atoms with Gasteiger partial charge in [0.1, 0.15) is 11.5 Å².